The van der Waals surface area contributed by atoms with Gasteiger partial charge in [-0.25, -0.2) is 5.01 Å². The summed E-state index contributed by atoms with van der Waals surface area (Å²) in [5, 5.41) is 15.7. The van der Waals surface area contributed by atoms with Crippen molar-refractivity contribution in [1.29, 1.82) is 0 Å². The minimum atomic E-state index is -0.985. The van der Waals surface area contributed by atoms with Crippen LogP contribution < -0.4 is 0 Å². The van der Waals surface area contributed by atoms with Crippen LogP contribution in [0, 0.1) is 5.92 Å². The first kappa shape index (κ1) is 17.7. The summed E-state index contributed by atoms with van der Waals surface area (Å²) in [5.41, 5.74) is 4.20. The van der Waals surface area contributed by atoms with Crippen LogP contribution in [0.5, 0.6) is 0 Å². The predicted octanol–water partition coefficient (Wildman–Crippen LogP) is 4.05. The molecule has 27 heavy (non-hydrogen) atoms. The van der Waals surface area contributed by atoms with Crippen molar-refractivity contribution in [3.63, 3.8) is 0 Å². The van der Waals surface area contributed by atoms with Gasteiger partial charge >= 0.3 is 5.97 Å². The van der Waals surface area contributed by atoms with Crippen molar-refractivity contribution >= 4 is 29.2 Å². The molecule has 2 aromatic carbocycles. The number of hydrazone groups is 1. The molecule has 1 aliphatic carbocycles. The molecule has 2 unspecified atom stereocenters. The predicted molar refractivity (Wildman–Crippen MR) is 103 cm³/mol. The van der Waals surface area contributed by atoms with Crippen molar-refractivity contribution in [2.75, 3.05) is 0 Å². The van der Waals surface area contributed by atoms with E-state index in [0.29, 0.717) is 5.02 Å². The number of carbonyl (C=O) groups excluding carboxylic acids is 1. The fourth-order valence-corrected chi connectivity index (χ4v) is 4.12. The Morgan fingerprint density at radius 1 is 1.11 bits per heavy atom. The molecule has 5 nitrogen and oxygen atoms in total. The van der Waals surface area contributed by atoms with Crippen LogP contribution in [-0.4, -0.2) is 27.7 Å². The molecule has 1 N–H and O–H groups in total. The van der Waals surface area contributed by atoms with Gasteiger partial charge in [-0.3, -0.25) is 9.59 Å². The molecule has 2 aromatic rings. The zero-order valence-electron chi connectivity index (χ0n) is 14.6. The number of benzene rings is 2. The van der Waals surface area contributed by atoms with Crippen LogP contribution in [0.15, 0.2) is 53.6 Å². The number of halogens is 1. The van der Waals surface area contributed by atoms with E-state index in [9.17, 15) is 9.59 Å². The lowest BCUT2D eigenvalue weighted by Crippen LogP contribution is -2.32. The number of fused-ring (bicyclic) bond motifs is 3. The molecule has 6 heteroatoms. The number of hydrogen-bond donors (Lipinski definition) is 1. The number of aliphatic carboxylic acids is 1. The Morgan fingerprint density at radius 2 is 1.85 bits per heavy atom. The van der Waals surface area contributed by atoms with E-state index in [1.165, 1.54) is 10.6 Å². The molecule has 0 radical (unpaired) electrons. The molecule has 1 heterocycles. The number of carbonyl (C=O) groups is 2. The van der Waals surface area contributed by atoms with Gasteiger partial charge in [0.25, 0.3) is 0 Å². The highest BCUT2D eigenvalue weighted by atomic mass is 35.5. The van der Waals surface area contributed by atoms with Gasteiger partial charge in [0.05, 0.1) is 18.2 Å². The summed E-state index contributed by atoms with van der Waals surface area (Å²) in [4.78, 5) is 23.7. The molecule has 1 aliphatic heterocycles. The van der Waals surface area contributed by atoms with Gasteiger partial charge in [0.15, 0.2) is 0 Å². The SMILES string of the molecule is O=C(O)CCC(=O)N1N=C2c3ccccc3CCC2C1c1ccc(Cl)cc1. The van der Waals surface area contributed by atoms with Crippen molar-refractivity contribution in [3.05, 3.63) is 70.2 Å². The van der Waals surface area contributed by atoms with E-state index in [1.54, 1.807) is 0 Å². The summed E-state index contributed by atoms with van der Waals surface area (Å²) < 4.78 is 0. The van der Waals surface area contributed by atoms with Gasteiger partial charge in [-0.05, 0) is 36.1 Å². The first-order valence-electron chi connectivity index (χ1n) is 9.00. The van der Waals surface area contributed by atoms with Gasteiger partial charge in [0, 0.05) is 22.9 Å². The van der Waals surface area contributed by atoms with E-state index in [0.717, 1.165) is 29.7 Å². The number of aryl methyl sites for hydroxylation is 1. The fourth-order valence-electron chi connectivity index (χ4n) is 3.99. The fraction of sp³-hybridized carbons (Fsp3) is 0.286. The van der Waals surface area contributed by atoms with Gasteiger partial charge in [-0.1, -0.05) is 48.0 Å². The Bertz CT molecular complexity index is 923. The molecule has 0 aromatic heterocycles. The number of rotatable bonds is 4. The van der Waals surface area contributed by atoms with Crippen LogP contribution >= 0.6 is 11.6 Å². The van der Waals surface area contributed by atoms with Gasteiger partial charge in [-0.15, -0.1) is 0 Å². The van der Waals surface area contributed by atoms with E-state index in [2.05, 4.69) is 11.2 Å². The molecule has 4 rings (SSSR count). The summed E-state index contributed by atoms with van der Waals surface area (Å²) in [6.45, 7) is 0. The molecular formula is C21H19ClN2O3. The Labute approximate surface area is 162 Å². The smallest absolute Gasteiger partial charge is 0.303 e. The lowest BCUT2D eigenvalue weighted by Gasteiger charge is -2.29. The summed E-state index contributed by atoms with van der Waals surface area (Å²) in [6.07, 6.45) is 1.56. The highest BCUT2D eigenvalue weighted by Gasteiger charge is 2.43. The summed E-state index contributed by atoms with van der Waals surface area (Å²) in [7, 11) is 0. The molecule has 2 aliphatic rings. The highest BCUT2D eigenvalue weighted by Crippen LogP contribution is 2.43. The number of amides is 1. The van der Waals surface area contributed by atoms with Crippen molar-refractivity contribution in [1.82, 2.24) is 5.01 Å². The zero-order chi connectivity index (χ0) is 19.0. The second-order valence-corrected chi connectivity index (χ2v) is 7.35. The average molecular weight is 383 g/mol. The monoisotopic (exact) mass is 382 g/mol. The zero-order valence-corrected chi connectivity index (χ0v) is 15.4. The molecule has 1 amide bonds. The Balaban J connectivity index is 1.73. The largest absolute Gasteiger partial charge is 0.481 e. The molecule has 0 saturated carbocycles. The maximum atomic E-state index is 12.8. The molecule has 0 saturated heterocycles. The molecule has 0 spiro atoms. The van der Waals surface area contributed by atoms with Crippen molar-refractivity contribution in [2.24, 2.45) is 11.0 Å². The van der Waals surface area contributed by atoms with E-state index in [1.807, 2.05) is 42.5 Å². The minimum absolute atomic E-state index is 0.0649. The van der Waals surface area contributed by atoms with Crippen LogP contribution in [0.4, 0.5) is 0 Å². The van der Waals surface area contributed by atoms with Crippen LogP contribution in [0.25, 0.3) is 0 Å². The molecule has 138 valence electrons. The molecular weight excluding hydrogens is 364 g/mol. The maximum absolute atomic E-state index is 12.8. The second kappa shape index (κ2) is 7.16. The molecule has 0 fully saturated rings. The second-order valence-electron chi connectivity index (χ2n) is 6.92. The lowest BCUT2D eigenvalue weighted by atomic mass is 9.77. The van der Waals surface area contributed by atoms with Gasteiger partial charge in [-0.2, -0.15) is 5.10 Å². The lowest BCUT2D eigenvalue weighted by molar-refractivity contribution is -0.141. The van der Waals surface area contributed by atoms with E-state index in [-0.39, 0.29) is 30.7 Å². The van der Waals surface area contributed by atoms with E-state index < -0.39 is 5.97 Å². The van der Waals surface area contributed by atoms with Crippen LogP contribution in [0.1, 0.15) is 42.0 Å². The standard InChI is InChI=1S/C21H19ClN2O3/c22-15-8-5-14(6-9-15)21-17-10-7-13-3-1-2-4-16(13)20(17)23-24(21)18(25)11-12-19(26)27/h1-6,8-9,17,21H,7,10-12H2,(H,26,27). The maximum Gasteiger partial charge on any atom is 0.303 e. The summed E-state index contributed by atoms with van der Waals surface area (Å²) >= 11 is 6.03. The third-order valence-electron chi connectivity index (χ3n) is 5.25. The Kier molecular flexibility index (Phi) is 4.70. The van der Waals surface area contributed by atoms with Crippen molar-refractivity contribution in [2.45, 2.75) is 31.7 Å². The average Bonchev–Trinajstić information content (AvgIpc) is 3.07. The third-order valence-corrected chi connectivity index (χ3v) is 5.50. The quantitative estimate of drug-likeness (QED) is 0.867. The number of carboxylic acid groups (broad SMARTS) is 1. The van der Waals surface area contributed by atoms with Crippen LogP contribution in [-0.2, 0) is 16.0 Å². The minimum Gasteiger partial charge on any atom is -0.481 e. The van der Waals surface area contributed by atoms with Gasteiger partial charge in [0.1, 0.15) is 0 Å². The Morgan fingerprint density at radius 3 is 2.59 bits per heavy atom. The first-order chi connectivity index (χ1) is 13.0. The normalized spacial score (nSPS) is 20.6. The number of nitrogens with zero attached hydrogens (tertiary/aromatic N) is 2. The van der Waals surface area contributed by atoms with Crippen molar-refractivity contribution < 1.29 is 14.7 Å². The van der Waals surface area contributed by atoms with E-state index in [4.69, 9.17) is 16.7 Å². The van der Waals surface area contributed by atoms with Crippen LogP contribution in [0.3, 0.4) is 0 Å². The topological polar surface area (TPSA) is 70.0 Å². The van der Waals surface area contributed by atoms with Crippen LogP contribution in [0.2, 0.25) is 5.02 Å². The molecule has 2 atom stereocenters. The number of carboxylic acids is 1. The molecule has 0 bridgehead atoms. The van der Waals surface area contributed by atoms with Crippen molar-refractivity contribution in [3.8, 4) is 0 Å². The Hall–Kier alpha value is -2.66. The highest BCUT2D eigenvalue weighted by molar-refractivity contribution is 6.30. The summed E-state index contributed by atoms with van der Waals surface area (Å²) in [5.74, 6) is -1.16. The van der Waals surface area contributed by atoms with E-state index >= 15 is 0 Å². The summed E-state index contributed by atoms with van der Waals surface area (Å²) in [6, 6.07) is 15.4. The third kappa shape index (κ3) is 3.35. The first-order valence-corrected chi connectivity index (χ1v) is 9.38. The van der Waals surface area contributed by atoms with Gasteiger partial charge < -0.3 is 5.11 Å². The van der Waals surface area contributed by atoms with Gasteiger partial charge in [0.2, 0.25) is 5.91 Å². The number of hydrogen-bond acceptors (Lipinski definition) is 3.